The molecule has 168 valence electrons. The van der Waals surface area contributed by atoms with E-state index in [4.69, 9.17) is 20.8 Å². The van der Waals surface area contributed by atoms with Crippen molar-refractivity contribution in [1.29, 1.82) is 0 Å². The monoisotopic (exact) mass is 462 g/mol. The van der Waals surface area contributed by atoms with Gasteiger partial charge in [0.05, 0.1) is 13.1 Å². The summed E-state index contributed by atoms with van der Waals surface area (Å²) in [7, 11) is 0. The fraction of sp³-hybridized carbons (Fsp3) is 0.227. The number of halogens is 2. The number of rotatable bonds is 9. The van der Waals surface area contributed by atoms with E-state index in [1.54, 1.807) is 30.3 Å². The van der Waals surface area contributed by atoms with Gasteiger partial charge >= 0.3 is 11.8 Å². The van der Waals surface area contributed by atoms with E-state index in [0.717, 1.165) is 5.56 Å². The summed E-state index contributed by atoms with van der Waals surface area (Å²) >= 11 is 5.95. The van der Waals surface area contributed by atoms with E-state index >= 15 is 0 Å². The van der Waals surface area contributed by atoms with Gasteiger partial charge in [-0.2, -0.15) is 5.10 Å². The van der Waals surface area contributed by atoms with Gasteiger partial charge in [-0.15, -0.1) is 0 Å². The Hall–Kier alpha value is -3.43. The number of ether oxygens (including phenoxy) is 1. The second-order valence-corrected chi connectivity index (χ2v) is 7.30. The quantitative estimate of drug-likeness (QED) is 0.294. The number of hydrogen-bond donors (Lipinski definition) is 1. The smallest absolute Gasteiger partial charge is 0.455 e. The zero-order chi connectivity index (χ0) is 23.3. The van der Waals surface area contributed by atoms with E-state index in [9.17, 15) is 19.1 Å². The summed E-state index contributed by atoms with van der Waals surface area (Å²) in [5.41, 5.74) is 1.82. The number of aliphatic hydroxyl groups excluding tert-OH is 1. The molecule has 0 saturated carbocycles. The Labute approximate surface area is 187 Å². The van der Waals surface area contributed by atoms with Crippen LogP contribution in [0.25, 0.3) is 11.1 Å². The van der Waals surface area contributed by atoms with E-state index in [1.165, 1.54) is 24.1 Å². The third-order valence-corrected chi connectivity index (χ3v) is 4.83. The summed E-state index contributed by atoms with van der Waals surface area (Å²) in [5.74, 6) is -1.96. The van der Waals surface area contributed by atoms with Crippen molar-refractivity contribution in [3.05, 3.63) is 81.0 Å². The number of benzene rings is 2. The van der Waals surface area contributed by atoms with Gasteiger partial charge in [0, 0.05) is 17.3 Å². The van der Waals surface area contributed by atoms with Gasteiger partial charge in [0.2, 0.25) is 0 Å². The van der Waals surface area contributed by atoms with E-state index < -0.39 is 17.9 Å². The van der Waals surface area contributed by atoms with Crippen LogP contribution in [0.2, 0.25) is 5.02 Å². The molecule has 0 unspecified atom stereocenters. The molecule has 2 aromatic carbocycles. The zero-order valence-electron chi connectivity index (χ0n) is 17.1. The van der Waals surface area contributed by atoms with Crippen LogP contribution in [0.15, 0.2) is 61.2 Å². The Kier molecular flexibility index (Phi) is 7.45. The van der Waals surface area contributed by atoms with Crippen molar-refractivity contribution in [1.82, 2.24) is 5.01 Å². The number of aliphatic hydroxyl groups is 1. The molecule has 1 aromatic heterocycles. The molecule has 0 aliphatic carbocycles. The third-order valence-electron chi connectivity index (χ3n) is 4.60. The van der Waals surface area contributed by atoms with Gasteiger partial charge in [-0.05, 0) is 36.2 Å². The number of carbonyl (C=O) groups excluding carboxylic acids is 1. The molecule has 1 heterocycles. The SMILES string of the molecule is C=NN(Cc1ccc(-c2cc(Cl)ccc2F)cc1)C[C@@H](O)C(=O)OCc1oc(=O)oc1C. The molecule has 0 aliphatic heterocycles. The lowest BCUT2D eigenvalue weighted by molar-refractivity contribution is -0.156. The minimum atomic E-state index is -1.51. The van der Waals surface area contributed by atoms with Crippen LogP contribution >= 0.6 is 11.6 Å². The highest BCUT2D eigenvalue weighted by Crippen LogP contribution is 2.26. The average Bonchev–Trinajstić information content (AvgIpc) is 3.10. The largest absolute Gasteiger partial charge is 0.519 e. The molecule has 0 bridgehead atoms. The Morgan fingerprint density at radius 1 is 1.28 bits per heavy atom. The van der Waals surface area contributed by atoms with Crippen LogP contribution in [0.5, 0.6) is 0 Å². The fourth-order valence-corrected chi connectivity index (χ4v) is 3.08. The molecule has 0 radical (unpaired) electrons. The van der Waals surface area contributed by atoms with Crippen molar-refractivity contribution in [2.45, 2.75) is 26.2 Å². The molecule has 3 rings (SSSR count). The van der Waals surface area contributed by atoms with Crippen LogP contribution in [0.3, 0.4) is 0 Å². The second kappa shape index (κ2) is 10.3. The highest BCUT2D eigenvalue weighted by molar-refractivity contribution is 6.30. The molecule has 0 spiro atoms. The number of esters is 1. The normalized spacial score (nSPS) is 11.8. The number of carbonyl (C=O) groups is 1. The van der Waals surface area contributed by atoms with E-state index in [1.807, 2.05) is 0 Å². The number of nitrogens with zero attached hydrogens (tertiary/aromatic N) is 2. The molecule has 0 amide bonds. The van der Waals surface area contributed by atoms with Crippen molar-refractivity contribution in [3.8, 4) is 11.1 Å². The maximum atomic E-state index is 14.0. The van der Waals surface area contributed by atoms with Gasteiger partial charge in [0.1, 0.15) is 5.82 Å². The fourth-order valence-electron chi connectivity index (χ4n) is 2.90. The topological polar surface area (TPSA) is 105 Å². The summed E-state index contributed by atoms with van der Waals surface area (Å²) in [6.45, 7) is 4.64. The molecule has 8 nitrogen and oxygen atoms in total. The minimum absolute atomic E-state index is 0.0606. The summed E-state index contributed by atoms with van der Waals surface area (Å²) < 4.78 is 28.4. The van der Waals surface area contributed by atoms with Gasteiger partial charge < -0.3 is 18.7 Å². The van der Waals surface area contributed by atoms with Crippen molar-refractivity contribution >= 4 is 24.3 Å². The molecule has 32 heavy (non-hydrogen) atoms. The Morgan fingerprint density at radius 2 is 2.00 bits per heavy atom. The van der Waals surface area contributed by atoms with Gasteiger partial charge in [0.25, 0.3) is 0 Å². The molecule has 10 heteroatoms. The first-order valence-corrected chi connectivity index (χ1v) is 9.84. The maximum Gasteiger partial charge on any atom is 0.519 e. The molecule has 0 saturated heterocycles. The van der Waals surface area contributed by atoms with Crippen molar-refractivity contribution in [2.24, 2.45) is 5.10 Å². The van der Waals surface area contributed by atoms with Crippen LogP contribution in [0, 0.1) is 12.7 Å². The minimum Gasteiger partial charge on any atom is -0.455 e. The van der Waals surface area contributed by atoms with Crippen molar-refractivity contribution in [3.63, 3.8) is 0 Å². The van der Waals surface area contributed by atoms with Gasteiger partial charge in [-0.25, -0.2) is 14.0 Å². The summed E-state index contributed by atoms with van der Waals surface area (Å²) in [5, 5.41) is 15.7. The first-order valence-electron chi connectivity index (χ1n) is 9.47. The van der Waals surface area contributed by atoms with Crippen molar-refractivity contribution in [2.75, 3.05) is 6.54 Å². The van der Waals surface area contributed by atoms with Crippen LogP contribution in [-0.4, -0.2) is 35.5 Å². The standard InChI is InChI=1S/C22H20ClFN2O6/c1-13-20(32-22(29)31-13)12-30-21(28)19(27)11-26(25-2)10-14-3-5-15(6-4-14)17-9-16(23)7-8-18(17)24/h3-9,19,27H,2,10-12H2,1H3/t19-/m1/s1. The predicted octanol–water partition coefficient (Wildman–Crippen LogP) is 3.52. The van der Waals surface area contributed by atoms with Crippen LogP contribution in [0.4, 0.5) is 4.39 Å². The van der Waals surface area contributed by atoms with Crippen LogP contribution in [0.1, 0.15) is 17.1 Å². The lowest BCUT2D eigenvalue weighted by atomic mass is 10.0. The summed E-state index contributed by atoms with van der Waals surface area (Å²) in [6.07, 6.45) is -1.51. The van der Waals surface area contributed by atoms with Gasteiger partial charge in [-0.1, -0.05) is 35.9 Å². The molecule has 3 aromatic rings. The third kappa shape index (κ3) is 5.83. The van der Waals surface area contributed by atoms with Gasteiger partial charge in [0.15, 0.2) is 24.2 Å². The van der Waals surface area contributed by atoms with Gasteiger partial charge in [-0.3, -0.25) is 5.01 Å². The van der Waals surface area contributed by atoms with Crippen molar-refractivity contribution < 1.29 is 27.9 Å². The summed E-state index contributed by atoms with van der Waals surface area (Å²) in [6, 6.07) is 11.3. The van der Waals surface area contributed by atoms with E-state index in [0.29, 0.717) is 16.1 Å². The summed E-state index contributed by atoms with van der Waals surface area (Å²) in [4.78, 5) is 23.0. The molecular weight excluding hydrogens is 443 g/mol. The second-order valence-electron chi connectivity index (χ2n) is 6.87. The number of aryl methyl sites for hydroxylation is 1. The Bertz CT molecular complexity index is 1160. The van der Waals surface area contributed by atoms with E-state index in [-0.39, 0.29) is 37.0 Å². The van der Waals surface area contributed by atoms with Crippen LogP contribution < -0.4 is 5.82 Å². The lowest BCUT2D eigenvalue weighted by Crippen LogP contribution is -2.35. The molecule has 1 N–H and O–H groups in total. The first-order chi connectivity index (χ1) is 15.3. The molecule has 0 fully saturated rings. The van der Waals surface area contributed by atoms with Crippen LogP contribution in [-0.2, 0) is 22.7 Å². The lowest BCUT2D eigenvalue weighted by Gasteiger charge is -2.21. The molecule has 1 atom stereocenters. The highest BCUT2D eigenvalue weighted by Gasteiger charge is 2.21. The predicted molar refractivity (Wildman–Crippen MR) is 115 cm³/mol. The molecular formula is C22H20ClFN2O6. The highest BCUT2D eigenvalue weighted by atomic mass is 35.5. The zero-order valence-corrected chi connectivity index (χ0v) is 17.8. The number of hydrogen-bond acceptors (Lipinski definition) is 8. The number of hydrazone groups is 1. The Balaban J connectivity index is 1.58. The first kappa shape index (κ1) is 23.2. The average molecular weight is 463 g/mol. The maximum absolute atomic E-state index is 14.0. The van der Waals surface area contributed by atoms with E-state index in [2.05, 4.69) is 16.2 Å². The Morgan fingerprint density at radius 3 is 2.62 bits per heavy atom. The molecule has 0 aliphatic rings.